The molecule has 1 aliphatic carbocycles. The Kier molecular flexibility index (Phi) is 3.79. The molecule has 3 nitrogen and oxygen atoms in total. The summed E-state index contributed by atoms with van der Waals surface area (Å²) in [7, 11) is 1.72. The molecule has 1 saturated carbocycles. The molecule has 1 fully saturated rings. The quantitative estimate of drug-likeness (QED) is 0.898. The molecule has 1 atom stereocenters. The molecular formula is C13H18ClNO2. The normalized spacial score (nSPS) is 22.1. The summed E-state index contributed by atoms with van der Waals surface area (Å²) < 4.78 is 11.1. The van der Waals surface area contributed by atoms with Gasteiger partial charge in [0.05, 0.1) is 7.11 Å². The maximum absolute atomic E-state index is 5.76. The van der Waals surface area contributed by atoms with E-state index in [4.69, 9.17) is 9.47 Å². The Bertz CT molecular complexity index is 379. The smallest absolute Gasteiger partial charge is 0.126 e. The first-order valence-electron chi connectivity index (χ1n) is 5.91. The summed E-state index contributed by atoms with van der Waals surface area (Å²) in [6, 6.07) is 7.17. The van der Waals surface area contributed by atoms with Crippen LogP contribution in [-0.4, -0.2) is 25.8 Å². The number of fused-ring (bicyclic) bond motifs is 1. The van der Waals surface area contributed by atoms with Gasteiger partial charge < -0.3 is 14.8 Å². The van der Waals surface area contributed by atoms with Crippen LogP contribution in [0, 0.1) is 0 Å². The number of benzene rings is 1. The molecule has 0 spiro atoms. The van der Waals surface area contributed by atoms with Gasteiger partial charge in [-0.1, -0.05) is 6.07 Å². The highest BCUT2D eigenvalue weighted by molar-refractivity contribution is 5.85. The average molecular weight is 256 g/mol. The minimum absolute atomic E-state index is 0. The molecule has 0 saturated heterocycles. The third-order valence-electron chi connectivity index (χ3n) is 3.25. The second kappa shape index (κ2) is 5.15. The molecule has 1 aromatic carbocycles. The van der Waals surface area contributed by atoms with Crippen LogP contribution in [0.25, 0.3) is 0 Å². The number of hydrogen-bond donors (Lipinski definition) is 1. The van der Waals surface area contributed by atoms with E-state index in [-0.39, 0.29) is 12.4 Å². The van der Waals surface area contributed by atoms with Crippen molar-refractivity contribution >= 4 is 12.4 Å². The lowest BCUT2D eigenvalue weighted by Gasteiger charge is -2.27. The zero-order valence-corrected chi connectivity index (χ0v) is 10.8. The van der Waals surface area contributed by atoms with Crippen molar-refractivity contribution in [2.24, 2.45) is 0 Å². The van der Waals surface area contributed by atoms with Gasteiger partial charge in [0.1, 0.15) is 18.1 Å². The van der Waals surface area contributed by atoms with Crippen molar-refractivity contribution in [1.82, 2.24) is 5.32 Å². The fourth-order valence-electron chi connectivity index (χ4n) is 2.26. The van der Waals surface area contributed by atoms with Gasteiger partial charge in [0, 0.05) is 17.6 Å². The van der Waals surface area contributed by atoms with Crippen molar-refractivity contribution in [1.29, 1.82) is 0 Å². The van der Waals surface area contributed by atoms with Crippen LogP contribution in [0.3, 0.4) is 0 Å². The van der Waals surface area contributed by atoms with Gasteiger partial charge >= 0.3 is 0 Å². The number of ether oxygens (including phenoxy) is 2. The Labute approximate surface area is 108 Å². The van der Waals surface area contributed by atoms with Crippen LogP contribution in [-0.2, 0) is 6.42 Å². The predicted molar refractivity (Wildman–Crippen MR) is 69.4 cm³/mol. The highest BCUT2D eigenvalue weighted by Crippen LogP contribution is 2.33. The molecule has 1 aromatic rings. The van der Waals surface area contributed by atoms with E-state index in [1.807, 2.05) is 18.2 Å². The van der Waals surface area contributed by atoms with E-state index < -0.39 is 0 Å². The Hall–Kier alpha value is -0.930. The second-order valence-corrected chi connectivity index (χ2v) is 4.59. The standard InChI is InChI=1S/C13H17NO2.ClH/c1-15-12-3-2-4-13-11(12)7-10(8-16-13)14-9-5-6-9;/h2-4,9-10,14H,5-8H2,1H3;1H. The molecule has 3 rings (SSSR count). The molecule has 1 N–H and O–H groups in total. The summed E-state index contributed by atoms with van der Waals surface area (Å²) >= 11 is 0. The topological polar surface area (TPSA) is 30.5 Å². The highest BCUT2D eigenvalue weighted by atomic mass is 35.5. The van der Waals surface area contributed by atoms with E-state index in [0.29, 0.717) is 6.04 Å². The number of halogens is 1. The largest absolute Gasteiger partial charge is 0.496 e. The van der Waals surface area contributed by atoms with Gasteiger partial charge in [0.2, 0.25) is 0 Å². The molecule has 2 aliphatic rings. The van der Waals surface area contributed by atoms with Crippen LogP contribution in [0.5, 0.6) is 11.5 Å². The van der Waals surface area contributed by atoms with Gasteiger partial charge in [-0.2, -0.15) is 0 Å². The van der Waals surface area contributed by atoms with Crippen molar-refractivity contribution in [2.75, 3.05) is 13.7 Å². The first-order valence-corrected chi connectivity index (χ1v) is 5.91. The third-order valence-corrected chi connectivity index (χ3v) is 3.25. The van der Waals surface area contributed by atoms with Crippen molar-refractivity contribution in [3.63, 3.8) is 0 Å². The molecule has 0 radical (unpaired) electrons. The Morgan fingerprint density at radius 2 is 2.12 bits per heavy atom. The molecule has 1 unspecified atom stereocenters. The van der Waals surface area contributed by atoms with E-state index >= 15 is 0 Å². The van der Waals surface area contributed by atoms with Gasteiger partial charge in [-0.25, -0.2) is 0 Å². The molecule has 0 aromatic heterocycles. The molecule has 94 valence electrons. The molecule has 0 amide bonds. The summed E-state index contributed by atoms with van der Waals surface area (Å²) in [4.78, 5) is 0. The van der Waals surface area contributed by atoms with Crippen LogP contribution >= 0.6 is 12.4 Å². The minimum atomic E-state index is 0. The SMILES string of the molecule is COc1cccc2c1CC(NC1CC1)CO2.Cl. The van der Waals surface area contributed by atoms with E-state index in [0.717, 1.165) is 30.6 Å². The van der Waals surface area contributed by atoms with Crippen molar-refractivity contribution < 1.29 is 9.47 Å². The summed E-state index contributed by atoms with van der Waals surface area (Å²) in [5.41, 5.74) is 1.20. The fraction of sp³-hybridized carbons (Fsp3) is 0.538. The zero-order chi connectivity index (χ0) is 11.0. The lowest BCUT2D eigenvalue weighted by molar-refractivity contribution is 0.233. The molecule has 0 bridgehead atoms. The fourth-order valence-corrected chi connectivity index (χ4v) is 2.26. The van der Waals surface area contributed by atoms with Crippen molar-refractivity contribution in [3.8, 4) is 11.5 Å². The van der Waals surface area contributed by atoms with Gasteiger partial charge in [-0.05, 0) is 31.4 Å². The monoisotopic (exact) mass is 255 g/mol. The Balaban J connectivity index is 0.00000108. The molecular weight excluding hydrogens is 238 g/mol. The van der Waals surface area contributed by atoms with E-state index in [9.17, 15) is 0 Å². The van der Waals surface area contributed by atoms with Gasteiger partial charge in [-0.15, -0.1) is 12.4 Å². The highest BCUT2D eigenvalue weighted by Gasteiger charge is 2.28. The number of rotatable bonds is 3. The lowest BCUT2D eigenvalue weighted by Crippen LogP contribution is -2.40. The van der Waals surface area contributed by atoms with Gasteiger partial charge in [0.15, 0.2) is 0 Å². The zero-order valence-electron chi connectivity index (χ0n) is 9.94. The lowest BCUT2D eigenvalue weighted by atomic mass is 10.0. The molecule has 1 heterocycles. The van der Waals surface area contributed by atoms with Crippen LogP contribution in [0.4, 0.5) is 0 Å². The van der Waals surface area contributed by atoms with Crippen LogP contribution < -0.4 is 14.8 Å². The molecule has 4 heteroatoms. The van der Waals surface area contributed by atoms with E-state index in [1.165, 1.54) is 18.4 Å². The second-order valence-electron chi connectivity index (χ2n) is 4.59. The van der Waals surface area contributed by atoms with Crippen molar-refractivity contribution in [2.45, 2.75) is 31.3 Å². The van der Waals surface area contributed by atoms with Gasteiger partial charge in [0.25, 0.3) is 0 Å². The first-order chi connectivity index (χ1) is 7.86. The maximum Gasteiger partial charge on any atom is 0.126 e. The Morgan fingerprint density at radius 3 is 2.82 bits per heavy atom. The summed E-state index contributed by atoms with van der Waals surface area (Å²) in [6.07, 6.45) is 3.64. The van der Waals surface area contributed by atoms with Crippen LogP contribution in [0.2, 0.25) is 0 Å². The summed E-state index contributed by atoms with van der Waals surface area (Å²) in [5.74, 6) is 1.92. The Morgan fingerprint density at radius 1 is 1.29 bits per heavy atom. The number of hydrogen-bond acceptors (Lipinski definition) is 3. The average Bonchev–Trinajstić information content (AvgIpc) is 3.12. The van der Waals surface area contributed by atoms with E-state index in [2.05, 4.69) is 5.32 Å². The van der Waals surface area contributed by atoms with Crippen molar-refractivity contribution in [3.05, 3.63) is 23.8 Å². The first kappa shape index (κ1) is 12.5. The minimum Gasteiger partial charge on any atom is -0.496 e. The molecule has 1 aliphatic heterocycles. The number of nitrogens with one attached hydrogen (secondary N) is 1. The summed E-state index contributed by atoms with van der Waals surface area (Å²) in [5, 5.41) is 3.60. The summed E-state index contributed by atoms with van der Waals surface area (Å²) in [6.45, 7) is 0.774. The van der Waals surface area contributed by atoms with Crippen LogP contribution in [0.1, 0.15) is 18.4 Å². The van der Waals surface area contributed by atoms with Crippen LogP contribution in [0.15, 0.2) is 18.2 Å². The third kappa shape index (κ3) is 2.67. The van der Waals surface area contributed by atoms with E-state index in [1.54, 1.807) is 7.11 Å². The number of methoxy groups -OCH3 is 1. The van der Waals surface area contributed by atoms with Gasteiger partial charge in [-0.3, -0.25) is 0 Å². The molecule has 17 heavy (non-hydrogen) atoms. The maximum atomic E-state index is 5.76. The predicted octanol–water partition coefficient (Wildman–Crippen LogP) is 2.17.